The molecule has 0 amide bonds. The molecule has 1 aromatic heterocycles. The van der Waals surface area contributed by atoms with Gasteiger partial charge in [0.05, 0.1) is 25.8 Å². The van der Waals surface area contributed by atoms with E-state index in [2.05, 4.69) is 11.1 Å². The Labute approximate surface area is 159 Å². The SMILES string of the molecule is N#Cc1nc(-c2cccc(Cl)c2Cl)ccc1-c1cccc(Cl)c1Cl. The van der Waals surface area contributed by atoms with Crippen molar-refractivity contribution < 1.29 is 0 Å². The van der Waals surface area contributed by atoms with Gasteiger partial charge in [-0.1, -0.05) is 70.7 Å². The second kappa shape index (κ2) is 7.01. The van der Waals surface area contributed by atoms with Gasteiger partial charge in [0.15, 0.2) is 0 Å². The lowest BCUT2D eigenvalue weighted by atomic mass is 10.0. The third kappa shape index (κ3) is 3.09. The molecule has 0 bridgehead atoms. The zero-order valence-electron chi connectivity index (χ0n) is 12.0. The average molecular weight is 394 g/mol. The summed E-state index contributed by atoms with van der Waals surface area (Å²) in [5, 5.41) is 11.1. The molecule has 2 nitrogen and oxygen atoms in total. The molecule has 24 heavy (non-hydrogen) atoms. The van der Waals surface area contributed by atoms with Crippen LogP contribution in [-0.4, -0.2) is 4.98 Å². The van der Waals surface area contributed by atoms with Gasteiger partial charge < -0.3 is 0 Å². The van der Waals surface area contributed by atoms with Crippen LogP contribution in [0.25, 0.3) is 22.4 Å². The highest BCUT2D eigenvalue weighted by atomic mass is 35.5. The Morgan fingerprint density at radius 1 is 0.708 bits per heavy atom. The first-order valence-corrected chi connectivity index (χ1v) is 8.34. The number of benzene rings is 2. The standard InChI is InChI=1S/C18H8Cl4N2/c19-13-5-1-3-11(17(13)21)10-7-8-15(24-16(10)9-23)12-4-2-6-14(20)18(12)22/h1-8H. The predicted molar refractivity (Wildman–Crippen MR) is 99.9 cm³/mol. The molecule has 3 aromatic rings. The molecular weight excluding hydrogens is 386 g/mol. The topological polar surface area (TPSA) is 36.7 Å². The van der Waals surface area contributed by atoms with Crippen molar-refractivity contribution in [3.63, 3.8) is 0 Å². The molecule has 0 atom stereocenters. The molecule has 0 N–H and O–H groups in total. The van der Waals surface area contributed by atoms with Gasteiger partial charge in [0, 0.05) is 16.7 Å². The maximum absolute atomic E-state index is 9.49. The van der Waals surface area contributed by atoms with Crippen LogP contribution in [-0.2, 0) is 0 Å². The molecule has 2 aromatic carbocycles. The first kappa shape index (κ1) is 17.1. The highest BCUT2D eigenvalue weighted by Gasteiger charge is 2.15. The van der Waals surface area contributed by atoms with Gasteiger partial charge >= 0.3 is 0 Å². The molecule has 0 radical (unpaired) electrons. The fourth-order valence-corrected chi connectivity index (χ4v) is 3.12. The molecule has 0 spiro atoms. The third-order valence-corrected chi connectivity index (χ3v) is 5.11. The van der Waals surface area contributed by atoms with Gasteiger partial charge in [-0.25, -0.2) is 4.98 Å². The van der Waals surface area contributed by atoms with E-state index in [0.717, 1.165) is 0 Å². The lowest BCUT2D eigenvalue weighted by Gasteiger charge is -2.10. The first-order chi connectivity index (χ1) is 11.5. The second-order valence-electron chi connectivity index (χ2n) is 4.91. The van der Waals surface area contributed by atoms with Crippen LogP contribution >= 0.6 is 46.4 Å². The van der Waals surface area contributed by atoms with E-state index in [4.69, 9.17) is 46.4 Å². The summed E-state index contributed by atoms with van der Waals surface area (Å²) < 4.78 is 0. The quantitative estimate of drug-likeness (QED) is 0.474. The number of pyridine rings is 1. The molecule has 1 heterocycles. The van der Waals surface area contributed by atoms with E-state index in [0.29, 0.717) is 42.5 Å². The van der Waals surface area contributed by atoms with Crippen LogP contribution in [0.1, 0.15) is 5.69 Å². The van der Waals surface area contributed by atoms with Crippen LogP contribution in [0.2, 0.25) is 20.1 Å². The van der Waals surface area contributed by atoms with Crippen LogP contribution in [0.3, 0.4) is 0 Å². The lowest BCUT2D eigenvalue weighted by molar-refractivity contribution is 1.27. The molecule has 0 aliphatic carbocycles. The lowest BCUT2D eigenvalue weighted by Crippen LogP contribution is -1.94. The fraction of sp³-hybridized carbons (Fsp3) is 0. The Morgan fingerprint density at radius 2 is 1.29 bits per heavy atom. The highest BCUT2D eigenvalue weighted by molar-refractivity contribution is 6.44. The molecule has 0 saturated carbocycles. The Bertz CT molecular complexity index is 977. The summed E-state index contributed by atoms with van der Waals surface area (Å²) >= 11 is 24.6. The summed E-state index contributed by atoms with van der Waals surface area (Å²) in [5.41, 5.74) is 2.70. The smallest absolute Gasteiger partial charge is 0.149 e. The monoisotopic (exact) mass is 392 g/mol. The van der Waals surface area contributed by atoms with Gasteiger partial charge in [-0.2, -0.15) is 5.26 Å². The van der Waals surface area contributed by atoms with E-state index >= 15 is 0 Å². The molecule has 0 unspecified atom stereocenters. The maximum Gasteiger partial charge on any atom is 0.149 e. The van der Waals surface area contributed by atoms with E-state index in [1.54, 1.807) is 48.5 Å². The number of nitriles is 1. The minimum atomic E-state index is 0.229. The van der Waals surface area contributed by atoms with Gasteiger partial charge in [-0.15, -0.1) is 0 Å². The summed E-state index contributed by atoms with van der Waals surface area (Å²) in [7, 11) is 0. The van der Waals surface area contributed by atoms with Crippen molar-refractivity contribution in [1.29, 1.82) is 5.26 Å². The van der Waals surface area contributed by atoms with Crippen LogP contribution in [0.15, 0.2) is 48.5 Å². The molecule has 0 saturated heterocycles. The van der Waals surface area contributed by atoms with Crippen LogP contribution in [0.5, 0.6) is 0 Å². The Balaban J connectivity index is 2.18. The summed E-state index contributed by atoms with van der Waals surface area (Å²) in [6.45, 7) is 0. The molecule has 6 heteroatoms. The molecule has 0 aliphatic rings. The average Bonchev–Trinajstić information content (AvgIpc) is 2.59. The van der Waals surface area contributed by atoms with Gasteiger partial charge in [0.25, 0.3) is 0 Å². The molecular formula is C18H8Cl4N2. The largest absolute Gasteiger partial charge is 0.236 e. The highest BCUT2D eigenvalue weighted by Crippen LogP contribution is 2.37. The number of aromatic nitrogens is 1. The number of rotatable bonds is 2. The van der Waals surface area contributed by atoms with Crippen molar-refractivity contribution in [1.82, 2.24) is 4.98 Å². The normalized spacial score (nSPS) is 10.5. The summed E-state index contributed by atoms with van der Waals surface area (Å²) in [4.78, 5) is 4.40. The van der Waals surface area contributed by atoms with Crippen molar-refractivity contribution in [2.75, 3.05) is 0 Å². The van der Waals surface area contributed by atoms with Gasteiger partial charge in [0.1, 0.15) is 11.8 Å². The Morgan fingerprint density at radius 3 is 1.92 bits per heavy atom. The van der Waals surface area contributed by atoms with Gasteiger partial charge in [-0.05, 0) is 24.3 Å². The van der Waals surface area contributed by atoms with Crippen molar-refractivity contribution >= 4 is 46.4 Å². The zero-order valence-corrected chi connectivity index (χ0v) is 15.0. The molecule has 118 valence electrons. The van der Waals surface area contributed by atoms with Crippen LogP contribution in [0, 0.1) is 11.3 Å². The second-order valence-corrected chi connectivity index (χ2v) is 6.48. The first-order valence-electron chi connectivity index (χ1n) is 6.83. The summed E-state index contributed by atoms with van der Waals surface area (Å²) in [6.07, 6.45) is 0. The van der Waals surface area contributed by atoms with E-state index < -0.39 is 0 Å². The van der Waals surface area contributed by atoms with Crippen molar-refractivity contribution in [2.24, 2.45) is 0 Å². The van der Waals surface area contributed by atoms with Crippen molar-refractivity contribution in [3.8, 4) is 28.5 Å². The zero-order chi connectivity index (χ0) is 17.3. The Kier molecular flexibility index (Phi) is 4.99. The maximum atomic E-state index is 9.49. The van der Waals surface area contributed by atoms with Crippen LogP contribution in [0.4, 0.5) is 0 Å². The minimum Gasteiger partial charge on any atom is -0.236 e. The van der Waals surface area contributed by atoms with Gasteiger partial charge in [0.2, 0.25) is 0 Å². The summed E-state index contributed by atoms with van der Waals surface area (Å²) in [6, 6.07) is 16.2. The number of hydrogen-bond acceptors (Lipinski definition) is 2. The fourth-order valence-electron chi connectivity index (χ4n) is 2.33. The van der Waals surface area contributed by atoms with Crippen molar-refractivity contribution in [2.45, 2.75) is 0 Å². The number of nitrogens with zero attached hydrogens (tertiary/aromatic N) is 2. The number of hydrogen-bond donors (Lipinski definition) is 0. The van der Waals surface area contributed by atoms with E-state index in [1.807, 2.05) is 0 Å². The van der Waals surface area contributed by atoms with Gasteiger partial charge in [-0.3, -0.25) is 0 Å². The predicted octanol–water partition coefficient (Wildman–Crippen LogP) is 6.90. The van der Waals surface area contributed by atoms with E-state index in [1.165, 1.54) is 0 Å². The molecule has 3 rings (SSSR count). The molecule has 0 aliphatic heterocycles. The molecule has 0 fully saturated rings. The van der Waals surface area contributed by atoms with Crippen LogP contribution < -0.4 is 0 Å². The third-order valence-electron chi connectivity index (χ3n) is 3.47. The van der Waals surface area contributed by atoms with E-state index in [9.17, 15) is 5.26 Å². The minimum absolute atomic E-state index is 0.229. The van der Waals surface area contributed by atoms with Crippen molar-refractivity contribution in [3.05, 3.63) is 74.3 Å². The Hall–Kier alpha value is -1.76. The summed E-state index contributed by atoms with van der Waals surface area (Å²) in [5.74, 6) is 0. The number of halogens is 4. The van der Waals surface area contributed by atoms with E-state index in [-0.39, 0.29) is 5.69 Å².